The summed E-state index contributed by atoms with van der Waals surface area (Å²) in [5.41, 5.74) is 0.676. The summed E-state index contributed by atoms with van der Waals surface area (Å²) < 4.78 is 0. The van der Waals surface area contributed by atoms with Crippen molar-refractivity contribution in [1.29, 1.82) is 0 Å². The largest absolute Gasteiger partial charge is 0.316 e. The summed E-state index contributed by atoms with van der Waals surface area (Å²) in [4.78, 5) is 0. The highest BCUT2D eigenvalue weighted by Gasteiger charge is 2.41. The highest BCUT2D eigenvalue weighted by Crippen LogP contribution is 2.42. The Labute approximate surface area is 82.3 Å². The van der Waals surface area contributed by atoms with Crippen molar-refractivity contribution in [3.05, 3.63) is 0 Å². The van der Waals surface area contributed by atoms with Gasteiger partial charge in [-0.1, -0.05) is 39.5 Å². The molecule has 0 bridgehead atoms. The Bertz CT molecular complexity index is 164. The second-order valence-corrected chi connectivity index (χ2v) is 5.48. The normalized spacial score (nSPS) is 27.9. The molecule has 13 heavy (non-hydrogen) atoms. The fraction of sp³-hybridized carbons (Fsp3) is 1.00. The van der Waals surface area contributed by atoms with Gasteiger partial charge >= 0.3 is 0 Å². The highest BCUT2D eigenvalue weighted by atomic mass is 15.0. The van der Waals surface area contributed by atoms with Crippen LogP contribution in [0.4, 0.5) is 0 Å². The molecule has 0 atom stereocenters. The third-order valence-electron chi connectivity index (χ3n) is 4.35. The Morgan fingerprint density at radius 2 is 1.85 bits per heavy atom. The lowest BCUT2D eigenvalue weighted by molar-refractivity contribution is 0.0657. The summed E-state index contributed by atoms with van der Waals surface area (Å²) >= 11 is 0. The summed E-state index contributed by atoms with van der Waals surface area (Å²) in [5, 5.41) is 3.46. The van der Waals surface area contributed by atoms with Gasteiger partial charge in [-0.2, -0.15) is 0 Å². The van der Waals surface area contributed by atoms with Gasteiger partial charge in [0.25, 0.3) is 0 Å². The van der Waals surface area contributed by atoms with Gasteiger partial charge in [0, 0.05) is 13.1 Å². The standard InChI is InChI=1S/C12H23N/c1-10(2)12(8-13-9-12)7-11-5-3-4-6-11/h10-11,13H,3-9H2,1-2H3. The molecule has 1 heteroatoms. The van der Waals surface area contributed by atoms with E-state index in [1.165, 1.54) is 45.2 Å². The van der Waals surface area contributed by atoms with Crippen molar-refractivity contribution < 1.29 is 0 Å². The molecule has 1 aliphatic heterocycles. The molecule has 0 amide bonds. The zero-order valence-corrected chi connectivity index (χ0v) is 9.10. The van der Waals surface area contributed by atoms with Crippen LogP contribution in [0.15, 0.2) is 0 Å². The van der Waals surface area contributed by atoms with Gasteiger partial charge in [0.2, 0.25) is 0 Å². The Morgan fingerprint density at radius 1 is 1.23 bits per heavy atom. The molecular weight excluding hydrogens is 158 g/mol. The summed E-state index contributed by atoms with van der Waals surface area (Å²) in [7, 11) is 0. The average molecular weight is 181 g/mol. The Hall–Kier alpha value is -0.0400. The molecule has 0 radical (unpaired) electrons. The van der Waals surface area contributed by atoms with E-state index < -0.39 is 0 Å². The Balaban J connectivity index is 1.89. The minimum atomic E-state index is 0.676. The summed E-state index contributed by atoms with van der Waals surface area (Å²) in [5.74, 6) is 1.93. The zero-order valence-electron chi connectivity index (χ0n) is 9.10. The van der Waals surface area contributed by atoms with Gasteiger partial charge in [-0.15, -0.1) is 0 Å². The first-order valence-corrected chi connectivity index (χ1v) is 5.94. The monoisotopic (exact) mass is 181 g/mol. The Kier molecular flexibility index (Phi) is 2.64. The van der Waals surface area contributed by atoms with Gasteiger partial charge in [0.15, 0.2) is 0 Å². The average Bonchev–Trinajstić information content (AvgIpc) is 2.47. The molecule has 2 aliphatic rings. The number of nitrogens with one attached hydrogen (secondary N) is 1. The molecule has 2 rings (SSSR count). The molecule has 2 fully saturated rings. The Morgan fingerprint density at radius 3 is 2.23 bits per heavy atom. The van der Waals surface area contributed by atoms with E-state index in [1.54, 1.807) is 0 Å². The lowest BCUT2D eigenvalue weighted by Crippen LogP contribution is -2.57. The maximum absolute atomic E-state index is 3.46. The smallest absolute Gasteiger partial charge is 0.00228 e. The van der Waals surface area contributed by atoms with E-state index in [1.807, 2.05) is 0 Å². The van der Waals surface area contributed by atoms with Crippen molar-refractivity contribution in [3.63, 3.8) is 0 Å². The minimum Gasteiger partial charge on any atom is -0.316 e. The van der Waals surface area contributed by atoms with Crippen LogP contribution in [0.2, 0.25) is 0 Å². The van der Waals surface area contributed by atoms with Crippen LogP contribution in [0.5, 0.6) is 0 Å². The van der Waals surface area contributed by atoms with Crippen LogP contribution < -0.4 is 5.32 Å². The van der Waals surface area contributed by atoms with E-state index in [0.717, 1.165) is 11.8 Å². The van der Waals surface area contributed by atoms with Crippen molar-refractivity contribution >= 4 is 0 Å². The number of hydrogen-bond acceptors (Lipinski definition) is 1. The third kappa shape index (κ3) is 1.76. The van der Waals surface area contributed by atoms with E-state index in [0.29, 0.717) is 5.41 Å². The molecule has 76 valence electrons. The molecule has 1 saturated heterocycles. The second-order valence-electron chi connectivity index (χ2n) is 5.48. The van der Waals surface area contributed by atoms with Crippen LogP contribution in [-0.4, -0.2) is 13.1 Å². The molecule has 1 nitrogen and oxygen atoms in total. The summed E-state index contributed by atoms with van der Waals surface area (Å²) in [6.07, 6.45) is 7.50. The number of hydrogen-bond donors (Lipinski definition) is 1. The quantitative estimate of drug-likeness (QED) is 0.706. The SMILES string of the molecule is CC(C)C1(CC2CCCC2)CNC1. The predicted octanol–water partition coefficient (Wildman–Crippen LogP) is 2.81. The second kappa shape index (κ2) is 3.61. The van der Waals surface area contributed by atoms with Crippen LogP contribution in [0.1, 0.15) is 46.0 Å². The molecule has 1 aliphatic carbocycles. The predicted molar refractivity (Wildman–Crippen MR) is 56.7 cm³/mol. The minimum absolute atomic E-state index is 0.676. The fourth-order valence-electron chi connectivity index (χ4n) is 3.02. The van der Waals surface area contributed by atoms with E-state index >= 15 is 0 Å². The lowest BCUT2D eigenvalue weighted by atomic mass is 9.67. The van der Waals surface area contributed by atoms with E-state index in [-0.39, 0.29) is 0 Å². The number of rotatable bonds is 3. The van der Waals surface area contributed by atoms with Gasteiger partial charge < -0.3 is 5.32 Å². The molecule has 0 aromatic heterocycles. The van der Waals surface area contributed by atoms with Crippen LogP contribution >= 0.6 is 0 Å². The molecule has 0 aromatic carbocycles. The zero-order chi connectivity index (χ0) is 9.31. The van der Waals surface area contributed by atoms with E-state index in [9.17, 15) is 0 Å². The summed E-state index contributed by atoms with van der Waals surface area (Å²) in [6, 6.07) is 0. The lowest BCUT2D eigenvalue weighted by Gasteiger charge is -2.48. The van der Waals surface area contributed by atoms with Crippen molar-refractivity contribution in [2.24, 2.45) is 17.3 Å². The first kappa shape index (κ1) is 9.51. The topological polar surface area (TPSA) is 12.0 Å². The van der Waals surface area contributed by atoms with Gasteiger partial charge in [0.1, 0.15) is 0 Å². The van der Waals surface area contributed by atoms with Crippen molar-refractivity contribution in [3.8, 4) is 0 Å². The van der Waals surface area contributed by atoms with Crippen LogP contribution in [0.3, 0.4) is 0 Å². The molecule has 1 N–H and O–H groups in total. The molecule has 0 unspecified atom stereocenters. The van der Waals surface area contributed by atoms with Crippen LogP contribution in [0.25, 0.3) is 0 Å². The van der Waals surface area contributed by atoms with E-state index in [2.05, 4.69) is 19.2 Å². The maximum atomic E-state index is 3.46. The van der Waals surface area contributed by atoms with Gasteiger partial charge in [-0.25, -0.2) is 0 Å². The van der Waals surface area contributed by atoms with Crippen molar-refractivity contribution in [2.75, 3.05) is 13.1 Å². The van der Waals surface area contributed by atoms with Gasteiger partial charge in [-0.05, 0) is 23.7 Å². The van der Waals surface area contributed by atoms with E-state index in [4.69, 9.17) is 0 Å². The molecule has 1 saturated carbocycles. The van der Waals surface area contributed by atoms with Gasteiger partial charge in [-0.3, -0.25) is 0 Å². The van der Waals surface area contributed by atoms with Crippen molar-refractivity contribution in [2.45, 2.75) is 46.0 Å². The highest BCUT2D eigenvalue weighted by molar-refractivity contribution is 4.96. The summed E-state index contributed by atoms with van der Waals surface area (Å²) in [6.45, 7) is 7.36. The molecule has 0 aromatic rings. The van der Waals surface area contributed by atoms with Gasteiger partial charge in [0.05, 0.1) is 0 Å². The molecule has 0 spiro atoms. The third-order valence-corrected chi connectivity index (χ3v) is 4.35. The molecule has 1 heterocycles. The molecular formula is C12H23N. The van der Waals surface area contributed by atoms with Crippen LogP contribution in [-0.2, 0) is 0 Å². The fourth-order valence-corrected chi connectivity index (χ4v) is 3.02. The van der Waals surface area contributed by atoms with Crippen LogP contribution in [0, 0.1) is 17.3 Å². The first-order chi connectivity index (χ1) is 6.23. The first-order valence-electron chi connectivity index (χ1n) is 5.94. The maximum Gasteiger partial charge on any atom is 0.00228 e. The van der Waals surface area contributed by atoms with Crippen molar-refractivity contribution in [1.82, 2.24) is 5.32 Å².